The Morgan fingerprint density at radius 2 is 1.92 bits per heavy atom. The minimum Gasteiger partial charge on any atom is -0.496 e. The molecule has 0 radical (unpaired) electrons. The number of aromatic nitrogens is 4. The van der Waals surface area contributed by atoms with E-state index in [1.807, 2.05) is 16.8 Å². The van der Waals surface area contributed by atoms with E-state index in [1.165, 1.54) is 17.4 Å². The predicted octanol–water partition coefficient (Wildman–Crippen LogP) is 3.31. The molecule has 0 spiro atoms. The van der Waals surface area contributed by atoms with Gasteiger partial charge in [0.2, 0.25) is 5.95 Å². The standard InChI is InChI=1S/C20H25N5O/c1-14-12-15(2)24(13-14)20-21-22-23-25(20)11-10-16-8-9-19(26-3)18-7-5-4-6-17(16)18/h4-9,14-15H,10-13H2,1-3H3. The Labute approximate surface area is 153 Å². The number of tetrazole rings is 1. The minimum absolute atomic E-state index is 0.483. The number of fused-ring (bicyclic) bond motifs is 1. The molecule has 3 aromatic rings. The Balaban J connectivity index is 1.58. The van der Waals surface area contributed by atoms with E-state index in [-0.39, 0.29) is 0 Å². The Hall–Kier alpha value is -2.63. The molecule has 26 heavy (non-hydrogen) atoms. The van der Waals surface area contributed by atoms with Gasteiger partial charge >= 0.3 is 0 Å². The minimum atomic E-state index is 0.483. The van der Waals surface area contributed by atoms with Crippen molar-refractivity contribution < 1.29 is 4.74 Å². The number of ether oxygens (including phenoxy) is 1. The van der Waals surface area contributed by atoms with Crippen LogP contribution in [0.3, 0.4) is 0 Å². The van der Waals surface area contributed by atoms with Crippen LogP contribution in [0, 0.1) is 5.92 Å². The first-order valence-corrected chi connectivity index (χ1v) is 9.24. The normalized spacial score (nSPS) is 20.0. The van der Waals surface area contributed by atoms with Crippen LogP contribution in [-0.4, -0.2) is 39.9 Å². The molecule has 1 saturated heterocycles. The van der Waals surface area contributed by atoms with Gasteiger partial charge in [-0.25, -0.2) is 4.68 Å². The van der Waals surface area contributed by atoms with Gasteiger partial charge in [0.25, 0.3) is 0 Å². The lowest BCUT2D eigenvalue weighted by molar-refractivity contribution is 0.419. The highest BCUT2D eigenvalue weighted by molar-refractivity contribution is 5.91. The van der Waals surface area contributed by atoms with Crippen LogP contribution < -0.4 is 9.64 Å². The van der Waals surface area contributed by atoms with Gasteiger partial charge in [-0.15, -0.1) is 0 Å². The summed E-state index contributed by atoms with van der Waals surface area (Å²) in [5.74, 6) is 2.48. The summed E-state index contributed by atoms with van der Waals surface area (Å²) in [5.41, 5.74) is 1.28. The fraction of sp³-hybridized carbons (Fsp3) is 0.450. The molecule has 4 rings (SSSR count). The average Bonchev–Trinajstić information content (AvgIpc) is 3.24. The number of rotatable bonds is 5. The lowest BCUT2D eigenvalue weighted by Gasteiger charge is -2.21. The molecule has 1 aliphatic heterocycles. The summed E-state index contributed by atoms with van der Waals surface area (Å²) in [7, 11) is 1.72. The molecule has 0 amide bonds. The van der Waals surface area contributed by atoms with Crippen LogP contribution in [0.15, 0.2) is 36.4 Å². The molecule has 2 heterocycles. The molecule has 6 nitrogen and oxygen atoms in total. The van der Waals surface area contributed by atoms with E-state index in [1.54, 1.807) is 7.11 Å². The van der Waals surface area contributed by atoms with Gasteiger partial charge in [-0.1, -0.05) is 42.4 Å². The van der Waals surface area contributed by atoms with Crippen LogP contribution in [0.2, 0.25) is 0 Å². The van der Waals surface area contributed by atoms with Gasteiger partial charge in [-0.2, -0.15) is 0 Å². The Morgan fingerprint density at radius 1 is 1.12 bits per heavy atom. The fourth-order valence-corrected chi connectivity index (χ4v) is 4.09. The van der Waals surface area contributed by atoms with Crippen LogP contribution >= 0.6 is 0 Å². The van der Waals surface area contributed by atoms with Gasteiger partial charge < -0.3 is 9.64 Å². The number of benzene rings is 2. The van der Waals surface area contributed by atoms with Crippen LogP contribution in [0.25, 0.3) is 10.8 Å². The second-order valence-corrected chi connectivity index (χ2v) is 7.27. The molecular formula is C20H25N5O. The molecule has 6 heteroatoms. The SMILES string of the molecule is COc1ccc(CCn2nnnc2N2CC(C)CC2C)c2ccccc12. The van der Waals surface area contributed by atoms with Gasteiger partial charge in [-0.05, 0) is 53.1 Å². The first kappa shape index (κ1) is 16.8. The maximum atomic E-state index is 5.50. The number of anilines is 1. The molecular weight excluding hydrogens is 326 g/mol. The van der Waals surface area contributed by atoms with Gasteiger partial charge in [0.1, 0.15) is 5.75 Å². The van der Waals surface area contributed by atoms with Crippen LogP contribution in [0.5, 0.6) is 5.75 Å². The molecule has 1 aliphatic rings. The van der Waals surface area contributed by atoms with Gasteiger partial charge in [-0.3, -0.25) is 0 Å². The van der Waals surface area contributed by atoms with E-state index in [4.69, 9.17) is 4.74 Å². The smallest absolute Gasteiger partial charge is 0.245 e. The lowest BCUT2D eigenvalue weighted by Crippen LogP contribution is -2.30. The molecule has 136 valence electrons. The Bertz CT molecular complexity index is 906. The number of aryl methyl sites for hydroxylation is 2. The molecule has 2 aromatic carbocycles. The van der Waals surface area contributed by atoms with Gasteiger partial charge in [0.05, 0.1) is 13.7 Å². The molecule has 2 atom stereocenters. The van der Waals surface area contributed by atoms with Crippen molar-refractivity contribution in [3.05, 3.63) is 42.0 Å². The predicted molar refractivity (Wildman–Crippen MR) is 103 cm³/mol. The second kappa shape index (κ2) is 6.94. The maximum Gasteiger partial charge on any atom is 0.245 e. The van der Waals surface area contributed by atoms with Crippen molar-refractivity contribution in [2.75, 3.05) is 18.6 Å². The first-order valence-electron chi connectivity index (χ1n) is 9.24. The number of nitrogens with zero attached hydrogens (tertiary/aromatic N) is 5. The zero-order valence-corrected chi connectivity index (χ0v) is 15.6. The third-order valence-electron chi connectivity index (χ3n) is 5.34. The quantitative estimate of drug-likeness (QED) is 0.706. The average molecular weight is 351 g/mol. The highest BCUT2D eigenvalue weighted by Gasteiger charge is 2.29. The highest BCUT2D eigenvalue weighted by atomic mass is 16.5. The van der Waals surface area contributed by atoms with E-state index in [2.05, 4.69) is 58.5 Å². The van der Waals surface area contributed by atoms with Crippen molar-refractivity contribution in [3.63, 3.8) is 0 Å². The van der Waals surface area contributed by atoms with Crippen molar-refractivity contribution in [2.45, 2.75) is 39.3 Å². The third kappa shape index (κ3) is 3.00. The summed E-state index contributed by atoms with van der Waals surface area (Å²) in [5, 5.41) is 14.8. The van der Waals surface area contributed by atoms with Crippen LogP contribution in [-0.2, 0) is 13.0 Å². The van der Waals surface area contributed by atoms with E-state index in [0.29, 0.717) is 12.0 Å². The van der Waals surface area contributed by atoms with Crippen molar-refractivity contribution in [2.24, 2.45) is 5.92 Å². The third-order valence-corrected chi connectivity index (χ3v) is 5.34. The number of hydrogen-bond acceptors (Lipinski definition) is 5. The van der Waals surface area contributed by atoms with Crippen LogP contribution in [0.1, 0.15) is 25.8 Å². The lowest BCUT2D eigenvalue weighted by atomic mass is 10.0. The van der Waals surface area contributed by atoms with Gasteiger partial charge in [0.15, 0.2) is 0 Å². The monoisotopic (exact) mass is 351 g/mol. The molecule has 2 unspecified atom stereocenters. The summed E-state index contributed by atoms with van der Waals surface area (Å²) in [6.45, 7) is 6.32. The highest BCUT2D eigenvalue weighted by Crippen LogP contribution is 2.30. The zero-order valence-electron chi connectivity index (χ0n) is 15.6. The molecule has 0 N–H and O–H groups in total. The molecule has 0 bridgehead atoms. The van der Waals surface area contributed by atoms with E-state index < -0.39 is 0 Å². The number of hydrogen-bond donors (Lipinski definition) is 0. The largest absolute Gasteiger partial charge is 0.496 e. The van der Waals surface area contributed by atoms with Crippen molar-refractivity contribution in [3.8, 4) is 5.75 Å². The summed E-state index contributed by atoms with van der Waals surface area (Å²) in [4.78, 5) is 2.33. The van der Waals surface area contributed by atoms with E-state index >= 15 is 0 Å². The Morgan fingerprint density at radius 3 is 2.65 bits per heavy atom. The summed E-state index contributed by atoms with van der Waals surface area (Å²) >= 11 is 0. The molecule has 1 fully saturated rings. The maximum absolute atomic E-state index is 5.50. The molecule has 0 aliphatic carbocycles. The summed E-state index contributed by atoms with van der Waals surface area (Å²) < 4.78 is 7.44. The summed E-state index contributed by atoms with van der Waals surface area (Å²) in [6, 6.07) is 13.0. The Kier molecular flexibility index (Phi) is 4.49. The van der Waals surface area contributed by atoms with Gasteiger partial charge in [0, 0.05) is 18.0 Å². The van der Waals surface area contributed by atoms with Crippen molar-refractivity contribution >= 4 is 16.7 Å². The fourth-order valence-electron chi connectivity index (χ4n) is 4.09. The number of methoxy groups -OCH3 is 1. The molecule has 1 aromatic heterocycles. The topological polar surface area (TPSA) is 56.1 Å². The van der Waals surface area contributed by atoms with E-state index in [9.17, 15) is 0 Å². The van der Waals surface area contributed by atoms with Crippen LogP contribution in [0.4, 0.5) is 5.95 Å². The second-order valence-electron chi connectivity index (χ2n) is 7.27. The summed E-state index contributed by atoms with van der Waals surface area (Å²) in [6.07, 6.45) is 2.07. The molecule has 0 saturated carbocycles. The first-order chi connectivity index (χ1) is 12.7. The van der Waals surface area contributed by atoms with Crippen molar-refractivity contribution in [1.82, 2.24) is 20.2 Å². The van der Waals surface area contributed by atoms with Crippen molar-refractivity contribution in [1.29, 1.82) is 0 Å². The van der Waals surface area contributed by atoms with E-state index in [0.717, 1.165) is 36.6 Å². The zero-order chi connectivity index (χ0) is 18.1.